The number of aryl methyl sites for hydroxylation is 1. The standard InChI is InChI=1S/C11H14N4/c1-12-11-5-3-4-9(6-13-11)10-7-14-15(2)8-10/h3-9,12H,1-2H3. The molecular weight excluding hydrogens is 188 g/mol. The van der Waals surface area contributed by atoms with Gasteiger partial charge in [-0.2, -0.15) is 5.10 Å². The van der Waals surface area contributed by atoms with Crippen molar-refractivity contribution in [2.75, 3.05) is 7.05 Å². The maximum Gasteiger partial charge on any atom is 0.125 e. The van der Waals surface area contributed by atoms with Crippen LogP contribution in [0.15, 0.2) is 41.4 Å². The highest BCUT2D eigenvalue weighted by Gasteiger charge is 2.08. The van der Waals surface area contributed by atoms with E-state index < -0.39 is 0 Å². The molecule has 1 aromatic heterocycles. The molecule has 0 bridgehead atoms. The van der Waals surface area contributed by atoms with E-state index in [4.69, 9.17) is 0 Å². The molecular formula is C11H14N4. The molecule has 1 atom stereocenters. The molecule has 0 amide bonds. The van der Waals surface area contributed by atoms with Gasteiger partial charge >= 0.3 is 0 Å². The first-order chi connectivity index (χ1) is 7.29. The maximum absolute atomic E-state index is 4.33. The molecule has 1 aliphatic heterocycles. The van der Waals surface area contributed by atoms with Crippen molar-refractivity contribution in [1.82, 2.24) is 15.1 Å². The summed E-state index contributed by atoms with van der Waals surface area (Å²) in [5.74, 6) is 1.08. The molecule has 0 saturated heterocycles. The van der Waals surface area contributed by atoms with Crippen molar-refractivity contribution in [3.8, 4) is 0 Å². The van der Waals surface area contributed by atoms with Gasteiger partial charge in [-0.25, -0.2) is 4.99 Å². The van der Waals surface area contributed by atoms with Crippen LogP contribution in [-0.4, -0.2) is 23.0 Å². The van der Waals surface area contributed by atoms with E-state index in [0.29, 0.717) is 0 Å². The molecule has 0 radical (unpaired) electrons. The highest BCUT2D eigenvalue weighted by atomic mass is 15.2. The third kappa shape index (κ3) is 2.15. The smallest absolute Gasteiger partial charge is 0.125 e. The third-order valence-electron chi connectivity index (χ3n) is 2.31. The van der Waals surface area contributed by atoms with Gasteiger partial charge in [0.2, 0.25) is 0 Å². The summed E-state index contributed by atoms with van der Waals surface area (Å²) in [6.45, 7) is 0. The zero-order valence-electron chi connectivity index (χ0n) is 8.88. The molecule has 1 unspecified atom stereocenters. The zero-order chi connectivity index (χ0) is 10.7. The number of hydrogen-bond acceptors (Lipinski definition) is 3. The Balaban J connectivity index is 2.21. The Bertz CT molecular complexity index is 426. The monoisotopic (exact) mass is 202 g/mol. The van der Waals surface area contributed by atoms with Gasteiger partial charge in [0.1, 0.15) is 5.82 Å². The molecule has 1 aliphatic rings. The van der Waals surface area contributed by atoms with Gasteiger partial charge in [-0.15, -0.1) is 0 Å². The number of hydrogen-bond donors (Lipinski definition) is 1. The number of nitrogens with one attached hydrogen (secondary N) is 1. The average molecular weight is 202 g/mol. The van der Waals surface area contributed by atoms with E-state index in [2.05, 4.69) is 21.5 Å². The minimum Gasteiger partial charge on any atom is -0.373 e. The van der Waals surface area contributed by atoms with Gasteiger partial charge in [0.05, 0.1) is 6.20 Å². The molecule has 0 spiro atoms. The number of aromatic nitrogens is 2. The van der Waals surface area contributed by atoms with Crippen LogP contribution in [0, 0.1) is 0 Å². The molecule has 2 heterocycles. The minimum absolute atomic E-state index is 0.209. The van der Waals surface area contributed by atoms with Crippen LogP contribution in [0.2, 0.25) is 0 Å². The summed E-state index contributed by atoms with van der Waals surface area (Å²) >= 11 is 0. The number of aliphatic imine (C=N–C) groups is 1. The van der Waals surface area contributed by atoms with Gasteiger partial charge in [-0.3, -0.25) is 4.68 Å². The van der Waals surface area contributed by atoms with Crippen molar-refractivity contribution in [3.05, 3.63) is 42.0 Å². The lowest BCUT2D eigenvalue weighted by molar-refractivity contribution is 0.767. The first-order valence-electron chi connectivity index (χ1n) is 4.88. The van der Waals surface area contributed by atoms with E-state index >= 15 is 0 Å². The molecule has 15 heavy (non-hydrogen) atoms. The van der Waals surface area contributed by atoms with E-state index in [1.807, 2.05) is 44.9 Å². The Morgan fingerprint density at radius 3 is 3.00 bits per heavy atom. The van der Waals surface area contributed by atoms with Crippen LogP contribution in [0.1, 0.15) is 11.5 Å². The van der Waals surface area contributed by atoms with Gasteiger partial charge in [-0.1, -0.05) is 12.2 Å². The lowest BCUT2D eigenvalue weighted by Crippen LogP contribution is -2.03. The maximum atomic E-state index is 4.33. The molecule has 78 valence electrons. The van der Waals surface area contributed by atoms with E-state index in [1.165, 1.54) is 0 Å². The number of allylic oxidation sites excluding steroid dienone is 3. The van der Waals surface area contributed by atoms with Crippen LogP contribution in [0.4, 0.5) is 0 Å². The van der Waals surface area contributed by atoms with E-state index in [1.54, 1.807) is 4.68 Å². The average Bonchev–Trinajstić information content (AvgIpc) is 2.54. The summed E-state index contributed by atoms with van der Waals surface area (Å²) in [5.41, 5.74) is 1.16. The fourth-order valence-corrected chi connectivity index (χ4v) is 1.48. The second-order valence-electron chi connectivity index (χ2n) is 3.44. The van der Waals surface area contributed by atoms with Gasteiger partial charge in [0.25, 0.3) is 0 Å². The Hall–Kier alpha value is -1.84. The van der Waals surface area contributed by atoms with Crippen molar-refractivity contribution < 1.29 is 0 Å². The van der Waals surface area contributed by atoms with Gasteiger partial charge in [-0.05, 0) is 6.08 Å². The van der Waals surface area contributed by atoms with Crippen LogP contribution in [0.25, 0.3) is 0 Å². The molecule has 0 aliphatic carbocycles. The van der Waals surface area contributed by atoms with Crippen molar-refractivity contribution in [3.63, 3.8) is 0 Å². The summed E-state index contributed by atoms with van der Waals surface area (Å²) in [6, 6.07) is 0. The number of rotatable bonds is 2. The second kappa shape index (κ2) is 4.13. The van der Waals surface area contributed by atoms with Crippen LogP contribution < -0.4 is 5.32 Å². The van der Waals surface area contributed by atoms with Crippen molar-refractivity contribution in [2.24, 2.45) is 12.0 Å². The van der Waals surface area contributed by atoms with Gasteiger partial charge in [0, 0.05) is 38.0 Å². The summed E-state index contributed by atoms with van der Waals surface area (Å²) < 4.78 is 1.80. The lowest BCUT2D eigenvalue weighted by atomic mass is 10.0. The fourth-order valence-electron chi connectivity index (χ4n) is 1.48. The highest BCUT2D eigenvalue weighted by molar-refractivity contribution is 5.72. The van der Waals surface area contributed by atoms with Crippen LogP contribution in [0.5, 0.6) is 0 Å². The molecule has 0 aromatic carbocycles. The normalized spacial score (nSPS) is 19.9. The summed E-state index contributed by atoms with van der Waals surface area (Å²) in [7, 11) is 3.78. The quantitative estimate of drug-likeness (QED) is 0.783. The van der Waals surface area contributed by atoms with Crippen LogP contribution in [0.3, 0.4) is 0 Å². The second-order valence-corrected chi connectivity index (χ2v) is 3.44. The fraction of sp³-hybridized carbons (Fsp3) is 0.273. The van der Waals surface area contributed by atoms with Crippen LogP contribution >= 0.6 is 0 Å². The first kappa shape index (κ1) is 9.71. The van der Waals surface area contributed by atoms with Gasteiger partial charge < -0.3 is 5.32 Å². The lowest BCUT2D eigenvalue weighted by Gasteiger charge is -2.01. The van der Waals surface area contributed by atoms with Crippen molar-refractivity contribution >= 4 is 6.21 Å². The predicted octanol–water partition coefficient (Wildman–Crippen LogP) is 1.21. The summed E-state index contributed by atoms with van der Waals surface area (Å²) in [6.07, 6.45) is 11.9. The summed E-state index contributed by atoms with van der Waals surface area (Å²) in [4.78, 5) is 4.33. The zero-order valence-corrected chi connectivity index (χ0v) is 8.88. The van der Waals surface area contributed by atoms with E-state index in [0.717, 1.165) is 11.4 Å². The predicted molar refractivity (Wildman–Crippen MR) is 60.7 cm³/mol. The third-order valence-corrected chi connectivity index (χ3v) is 2.31. The van der Waals surface area contributed by atoms with E-state index in [9.17, 15) is 0 Å². The van der Waals surface area contributed by atoms with Crippen molar-refractivity contribution in [1.29, 1.82) is 0 Å². The Morgan fingerprint density at radius 1 is 1.47 bits per heavy atom. The Labute approximate surface area is 89.0 Å². The minimum atomic E-state index is 0.209. The molecule has 2 rings (SSSR count). The van der Waals surface area contributed by atoms with Gasteiger partial charge in [0.15, 0.2) is 0 Å². The Morgan fingerprint density at radius 2 is 2.33 bits per heavy atom. The van der Waals surface area contributed by atoms with Crippen molar-refractivity contribution in [2.45, 2.75) is 5.92 Å². The SMILES string of the molecule is CNC1=CC=CC(c2cnn(C)c2)C=N1. The van der Waals surface area contributed by atoms with E-state index in [-0.39, 0.29) is 5.92 Å². The first-order valence-corrected chi connectivity index (χ1v) is 4.88. The molecule has 0 fully saturated rings. The Kier molecular flexibility index (Phi) is 2.67. The van der Waals surface area contributed by atoms with Crippen LogP contribution in [-0.2, 0) is 7.05 Å². The molecule has 1 N–H and O–H groups in total. The topological polar surface area (TPSA) is 42.2 Å². The number of nitrogens with zero attached hydrogens (tertiary/aromatic N) is 3. The molecule has 0 saturated carbocycles. The molecule has 4 heteroatoms. The molecule has 4 nitrogen and oxygen atoms in total. The highest BCUT2D eigenvalue weighted by Crippen LogP contribution is 2.16. The largest absolute Gasteiger partial charge is 0.373 e. The molecule has 1 aromatic rings. The summed E-state index contributed by atoms with van der Waals surface area (Å²) in [5, 5.41) is 7.16.